The number of halogens is 2. The number of benzene rings is 1. The van der Waals surface area contributed by atoms with E-state index in [0.29, 0.717) is 16.6 Å². The van der Waals surface area contributed by atoms with E-state index in [1.165, 1.54) is 0 Å². The quantitative estimate of drug-likeness (QED) is 0.792. The van der Waals surface area contributed by atoms with Gasteiger partial charge in [0.1, 0.15) is 0 Å². The molecule has 0 aromatic heterocycles. The molecule has 2 aliphatic rings. The fourth-order valence-electron chi connectivity index (χ4n) is 3.18. The molecule has 3 rings (SSSR count). The van der Waals surface area contributed by atoms with Crippen LogP contribution in [0.4, 0.5) is 0 Å². The SMILES string of the molecule is CN[C@@H]1CCN(C(=O)c2ccc(B3OC(C)(C)C(C)(C)O3)c(Cl)c2)C1.Cl. The van der Waals surface area contributed by atoms with E-state index in [4.69, 9.17) is 20.9 Å². The van der Waals surface area contributed by atoms with Gasteiger partial charge in [0.2, 0.25) is 0 Å². The predicted octanol–water partition coefficient (Wildman–Crippen LogP) is 2.49. The molecule has 0 spiro atoms. The molecule has 1 N–H and O–H groups in total. The molecule has 1 amide bonds. The molecule has 8 heteroatoms. The van der Waals surface area contributed by atoms with Gasteiger partial charge in [-0.2, -0.15) is 0 Å². The first-order chi connectivity index (χ1) is 11.6. The minimum Gasteiger partial charge on any atom is -0.399 e. The molecule has 0 radical (unpaired) electrons. The maximum atomic E-state index is 12.7. The van der Waals surface area contributed by atoms with E-state index in [-0.39, 0.29) is 18.3 Å². The van der Waals surface area contributed by atoms with Crippen LogP contribution in [0.2, 0.25) is 5.02 Å². The number of likely N-dealkylation sites (tertiary alicyclic amines) is 1. The van der Waals surface area contributed by atoms with Gasteiger partial charge in [-0.05, 0) is 53.3 Å². The first-order valence-electron chi connectivity index (χ1n) is 8.76. The van der Waals surface area contributed by atoms with Crippen LogP contribution in [0.3, 0.4) is 0 Å². The Kier molecular flexibility index (Phi) is 6.36. The van der Waals surface area contributed by atoms with E-state index >= 15 is 0 Å². The Morgan fingerprint density at radius 2 is 1.88 bits per heavy atom. The van der Waals surface area contributed by atoms with Crippen LogP contribution in [0.5, 0.6) is 0 Å². The maximum Gasteiger partial charge on any atom is 0.496 e. The van der Waals surface area contributed by atoms with Gasteiger partial charge < -0.3 is 19.5 Å². The second kappa shape index (κ2) is 7.68. The minimum absolute atomic E-state index is 0. The standard InChI is InChI=1S/C18H26BClN2O3.ClH/c1-17(2)18(3,4)25-19(24-17)14-7-6-12(10-15(14)20)16(23)22-9-8-13(11-22)21-5;/h6-7,10,13,21H,8-9,11H2,1-5H3;1H/t13-;/m1./s1. The van der Waals surface area contributed by atoms with Crippen molar-refractivity contribution in [3.8, 4) is 0 Å². The van der Waals surface area contributed by atoms with E-state index in [9.17, 15) is 4.79 Å². The topological polar surface area (TPSA) is 50.8 Å². The number of nitrogens with one attached hydrogen (secondary N) is 1. The molecule has 1 atom stereocenters. The van der Waals surface area contributed by atoms with E-state index in [0.717, 1.165) is 25.0 Å². The molecule has 2 fully saturated rings. The summed E-state index contributed by atoms with van der Waals surface area (Å²) in [6.07, 6.45) is 0.974. The van der Waals surface area contributed by atoms with E-state index < -0.39 is 18.3 Å². The Morgan fingerprint density at radius 1 is 1.27 bits per heavy atom. The smallest absolute Gasteiger partial charge is 0.399 e. The third-order valence-corrected chi connectivity index (χ3v) is 5.97. The Morgan fingerprint density at radius 3 is 2.38 bits per heavy atom. The van der Waals surface area contributed by atoms with E-state index in [1.807, 2.05) is 45.7 Å². The number of carbonyl (C=O) groups is 1. The summed E-state index contributed by atoms with van der Waals surface area (Å²) in [4.78, 5) is 14.5. The number of amides is 1. The van der Waals surface area contributed by atoms with Crippen molar-refractivity contribution in [2.24, 2.45) is 0 Å². The van der Waals surface area contributed by atoms with Gasteiger partial charge in [-0.3, -0.25) is 4.79 Å². The zero-order valence-corrected chi connectivity index (χ0v) is 17.5. The van der Waals surface area contributed by atoms with Crippen LogP contribution < -0.4 is 10.8 Å². The highest BCUT2D eigenvalue weighted by atomic mass is 35.5. The number of hydrogen-bond acceptors (Lipinski definition) is 4. The first-order valence-corrected chi connectivity index (χ1v) is 9.14. The zero-order chi connectivity index (χ0) is 18.4. The summed E-state index contributed by atoms with van der Waals surface area (Å²) in [7, 11) is 1.40. The molecule has 5 nitrogen and oxygen atoms in total. The van der Waals surface area contributed by atoms with Crippen molar-refractivity contribution >= 4 is 42.5 Å². The summed E-state index contributed by atoms with van der Waals surface area (Å²) in [6.45, 7) is 9.51. The number of likely N-dealkylation sites (N-methyl/N-ethyl adjacent to an activating group) is 1. The Balaban J connectivity index is 0.00000243. The van der Waals surface area contributed by atoms with Gasteiger partial charge in [0.15, 0.2) is 0 Å². The molecule has 0 bridgehead atoms. The summed E-state index contributed by atoms with van der Waals surface area (Å²) in [5, 5.41) is 3.71. The van der Waals surface area contributed by atoms with Crippen molar-refractivity contribution in [2.75, 3.05) is 20.1 Å². The second-order valence-electron chi connectivity index (χ2n) is 7.85. The molecule has 1 aromatic rings. The van der Waals surface area contributed by atoms with Crippen molar-refractivity contribution in [2.45, 2.75) is 51.4 Å². The van der Waals surface area contributed by atoms with Crippen LogP contribution in [0.1, 0.15) is 44.5 Å². The van der Waals surface area contributed by atoms with Crippen molar-refractivity contribution in [3.63, 3.8) is 0 Å². The lowest BCUT2D eigenvalue weighted by Gasteiger charge is -2.32. The van der Waals surface area contributed by atoms with Gasteiger partial charge in [0.05, 0.1) is 11.2 Å². The van der Waals surface area contributed by atoms with Crippen LogP contribution in [-0.4, -0.2) is 55.3 Å². The number of hydrogen-bond donors (Lipinski definition) is 1. The summed E-state index contributed by atoms with van der Waals surface area (Å²) in [6, 6.07) is 5.73. The Labute approximate surface area is 167 Å². The molecule has 2 saturated heterocycles. The molecular formula is C18H27BCl2N2O3. The van der Waals surface area contributed by atoms with E-state index in [2.05, 4.69) is 5.32 Å². The van der Waals surface area contributed by atoms with Crippen LogP contribution in [0.25, 0.3) is 0 Å². The lowest BCUT2D eigenvalue weighted by Crippen LogP contribution is -2.41. The van der Waals surface area contributed by atoms with Gasteiger partial charge >= 0.3 is 7.12 Å². The van der Waals surface area contributed by atoms with Crippen LogP contribution in [-0.2, 0) is 9.31 Å². The highest BCUT2D eigenvalue weighted by molar-refractivity contribution is 6.65. The van der Waals surface area contributed by atoms with Crippen LogP contribution in [0, 0.1) is 0 Å². The number of nitrogens with zero attached hydrogens (tertiary/aromatic N) is 1. The first kappa shape index (κ1) is 21.5. The van der Waals surface area contributed by atoms with Gasteiger partial charge in [0, 0.05) is 35.2 Å². The molecule has 0 unspecified atom stereocenters. The fourth-order valence-corrected chi connectivity index (χ4v) is 3.45. The average molecular weight is 401 g/mol. The summed E-state index contributed by atoms with van der Waals surface area (Å²) in [5.74, 6) is 0.0140. The van der Waals surface area contributed by atoms with Crippen molar-refractivity contribution in [3.05, 3.63) is 28.8 Å². The largest absolute Gasteiger partial charge is 0.496 e. The maximum absolute atomic E-state index is 12.7. The summed E-state index contributed by atoms with van der Waals surface area (Å²) < 4.78 is 12.1. The Hall–Kier alpha value is -0.785. The van der Waals surface area contributed by atoms with Crippen LogP contribution >= 0.6 is 24.0 Å². The lowest BCUT2D eigenvalue weighted by molar-refractivity contribution is 0.00578. The number of rotatable bonds is 3. The molecule has 0 saturated carbocycles. The highest BCUT2D eigenvalue weighted by Gasteiger charge is 2.52. The van der Waals surface area contributed by atoms with E-state index in [1.54, 1.807) is 12.1 Å². The van der Waals surface area contributed by atoms with Crippen molar-refractivity contribution < 1.29 is 14.1 Å². The highest BCUT2D eigenvalue weighted by Crippen LogP contribution is 2.37. The molecule has 144 valence electrons. The van der Waals surface area contributed by atoms with Gasteiger partial charge in [-0.15, -0.1) is 12.4 Å². The number of carbonyl (C=O) groups excluding carboxylic acids is 1. The van der Waals surface area contributed by atoms with Gasteiger partial charge in [0.25, 0.3) is 5.91 Å². The summed E-state index contributed by atoms with van der Waals surface area (Å²) >= 11 is 6.46. The average Bonchev–Trinajstić information content (AvgIpc) is 3.09. The molecule has 26 heavy (non-hydrogen) atoms. The zero-order valence-electron chi connectivity index (χ0n) is 16.0. The normalized spacial score (nSPS) is 23.8. The molecule has 2 aliphatic heterocycles. The van der Waals surface area contributed by atoms with Crippen LogP contribution in [0.15, 0.2) is 18.2 Å². The molecule has 1 aromatic carbocycles. The summed E-state index contributed by atoms with van der Waals surface area (Å²) in [5.41, 5.74) is 0.508. The molecule has 0 aliphatic carbocycles. The molecule has 2 heterocycles. The van der Waals surface area contributed by atoms with Crippen molar-refractivity contribution in [1.29, 1.82) is 0 Å². The monoisotopic (exact) mass is 400 g/mol. The van der Waals surface area contributed by atoms with Crippen molar-refractivity contribution in [1.82, 2.24) is 10.2 Å². The lowest BCUT2D eigenvalue weighted by atomic mass is 9.78. The van der Waals surface area contributed by atoms with Gasteiger partial charge in [-0.1, -0.05) is 17.7 Å². The third-order valence-electron chi connectivity index (χ3n) is 5.64. The fraction of sp³-hybridized carbons (Fsp3) is 0.611. The Bertz CT molecular complexity index is 668. The predicted molar refractivity (Wildman–Crippen MR) is 108 cm³/mol. The van der Waals surface area contributed by atoms with Gasteiger partial charge in [-0.25, -0.2) is 0 Å². The second-order valence-corrected chi connectivity index (χ2v) is 8.26. The minimum atomic E-state index is -0.526. The third kappa shape index (κ3) is 3.90. The molecular weight excluding hydrogens is 374 g/mol.